The predicted molar refractivity (Wildman–Crippen MR) is 557 cm³/mol. The molecule has 0 aliphatic rings. The topological polar surface area (TPSA) is 195 Å². The van der Waals surface area contributed by atoms with Crippen LogP contribution in [0.4, 0.5) is 0 Å². The molecular weight excluding hydrogens is 1700 g/mol. The maximum Gasteiger partial charge on any atom is 0.167 e. The third kappa shape index (κ3) is 13.0. The summed E-state index contributed by atoms with van der Waals surface area (Å²) in [6.07, 6.45) is 0. The minimum absolute atomic E-state index is 0.565. The van der Waals surface area contributed by atoms with Gasteiger partial charge in [0.15, 0.2) is 52.4 Å². The summed E-state index contributed by atoms with van der Waals surface area (Å²) in [6, 6.07) is 143. The van der Waals surface area contributed by atoms with Gasteiger partial charge in [0, 0.05) is 125 Å². The molecule has 9 aromatic heterocycles. The Kier molecular flexibility index (Phi) is 17.7. The van der Waals surface area contributed by atoms with Crippen molar-refractivity contribution in [1.29, 1.82) is 0 Å². The molecule has 0 aliphatic heterocycles. The fourth-order valence-electron chi connectivity index (χ4n) is 20.2. The summed E-state index contributed by atoms with van der Waals surface area (Å²) in [6.45, 7) is 0. The van der Waals surface area contributed by atoms with Gasteiger partial charge in [-0.05, 0) is 158 Å². The van der Waals surface area contributed by atoms with Gasteiger partial charge in [-0.15, -0.1) is 0 Å². The second-order valence-corrected chi connectivity index (χ2v) is 34.8. The molecule has 30 rings (SSSR count). The molecule has 0 amide bonds. The van der Waals surface area contributed by atoms with Crippen LogP contribution < -0.4 is 0 Å². The third-order valence-corrected chi connectivity index (χ3v) is 26.7. The molecule has 0 fully saturated rings. The zero-order valence-corrected chi connectivity index (χ0v) is 73.3. The van der Waals surface area contributed by atoms with E-state index in [0.29, 0.717) is 52.4 Å². The van der Waals surface area contributed by atoms with E-state index >= 15 is 0 Å². The fourth-order valence-corrected chi connectivity index (χ4v) is 20.2. The summed E-state index contributed by atoms with van der Waals surface area (Å²) in [5.41, 5.74) is 18.3. The van der Waals surface area contributed by atoms with E-state index in [-0.39, 0.29) is 0 Å². The number of para-hydroxylation sites is 7. The Morgan fingerprint density at radius 3 is 0.775 bits per heavy atom. The van der Waals surface area contributed by atoms with Gasteiger partial charge >= 0.3 is 0 Å². The monoisotopic (exact) mass is 1770 g/mol. The van der Waals surface area contributed by atoms with E-state index in [0.717, 1.165) is 246 Å². The molecule has 138 heavy (non-hydrogen) atoms. The average Bonchev–Trinajstić information content (AvgIpc) is 1.48. The molecule has 0 bridgehead atoms. The van der Waals surface area contributed by atoms with E-state index < -0.39 is 0 Å². The zero-order valence-electron chi connectivity index (χ0n) is 73.3. The molecule has 0 saturated heterocycles. The Morgan fingerprint density at radius 2 is 0.370 bits per heavy atom. The van der Waals surface area contributed by atoms with Crippen molar-refractivity contribution >= 4 is 196 Å². The molecule has 15 heteroatoms. The first-order valence-corrected chi connectivity index (χ1v) is 45.8. The highest BCUT2D eigenvalue weighted by molar-refractivity contribution is 6.30. The summed E-state index contributed by atoms with van der Waals surface area (Å²) in [5, 5.41) is 26.8. The van der Waals surface area contributed by atoms with E-state index in [1.165, 1.54) is 0 Å². The van der Waals surface area contributed by atoms with Crippen molar-refractivity contribution < 1.29 is 26.5 Å². The van der Waals surface area contributed by atoms with Crippen LogP contribution in [0.25, 0.3) is 299 Å². The van der Waals surface area contributed by atoms with Crippen LogP contribution in [0.3, 0.4) is 0 Å². The van der Waals surface area contributed by atoms with Gasteiger partial charge in [0.2, 0.25) is 0 Å². The lowest BCUT2D eigenvalue weighted by Gasteiger charge is -2.11. The molecule has 642 valence electrons. The molecule has 0 spiro atoms. The molecule has 0 saturated carbocycles. The SMILES string of the molecule is c1ccc(-c2nc(-c3ccc4c(c3)oc3ccccc34)nc(-c3ccc4ccc5ccc6oc7ccccc7c6c5c4c3)n2)cc1.c1ccc(-c2nc(-c3ccc4ccc5ccc6oc7ccccc7c6c5c4c3)nc(-c3cccc4c3oc3ccccc34)n2)cc1.c1ccc(-c2nc(-c3ccc4oc5ccccc5c4c3)nc(-c3ccc4ccc5ccc6oc7ccccc7c6c5c4c3)n2)cc1. The second kappa shape index (κ2) is 31.4. The van der Waals surface area contributed by atoms with Gasteiger partial charge in [-0.3, -0.25) is 0 Å². The van der Waals surface area contributed by atoms with Crippen LogP contribution in [0.5, 0.6) is 0 Å². The lowest BCUT2D eigenvalue weighted by molar-refractivity contribution is 0.668. The Balaban J connectivity index is 0.000000102. The molecule has 0 aliphatic carbocycles. The fraction of sp³-hybridized carbons (Fsp3) is 0. The van der Waals surface area contributed by atoms with Crippen molar-refractivity contribution in [3.63, 3.8) is 0 Å². The van der Waals surface area contributed by atoms with Gasteiger partial charge in [-0.1, -0.05) is 309 Å². The Morgan fingerprint density at radius 1 is 0.123 bits per heavy atom. The molecular formula is C123H69N9O6. The summed E-state index contributed by atoms with van der Waals surface area (Å²) in [4.78, 5) is 45.3. The molecule has 21 aromatic carbocycles. The smallest absolute Gasteiger partial charge is 0.167 e. The number of hydrogen-bond acceptors (Lipinski definition) is 15. The number of hydrogen-bond donors (Lipinski definition) is 0. The van der Waals surface area contributed by atoms with E-state index in [2.05, 4.69) is 206 Å². The predicted octanol–water partition coefficient (Wildman–Crippen LogP) is 32.9. The number of benzene rings is 21. The van der Waals surface area contributed by atoms with Crippen molar-refractivity contribution in [2.24, 2.45) is 0 Å². The van der Waals surface area contributed by atoms with Gasteiger partial charge in [0.1, 0.15) is 67.0 Å². The molecule has 9 heterocycles. The summed E-state index contributed by atoms with van der Waals surface area (Å²) < 4.78 is 37.5. The van der Waals surface area contributed by atoms with Crippen LogP contribution in [0.15, 0.2) is 445 Å². The highest BCUT2D eigenvalue weighted by Crippen LogP contribution is 2.47. The van der Waals surface area contributed by atoms with Crippen molar-refractivity contribution in [3.05, 3.63) is 419 Å². The van der Waals surface area contributed by atoms with Crippen molar-refractivity contribution in [3.8, 4) is 102 Å². The summed E-state index contributed by atoms with van der Waals surface area (Å²) in [7, 11) is 0. The average molecular weight is 1770 g/mol. The first-order chi connectivity index (χ1) is 68.3. The maximum atomic E-state index is 6.39. The maximum absolute atomic E-state index is 6.39. The zero-order chi connectivity index (χ0) is 90.6. The molecule has 0 radical (unpaired) electrons. The van der Waals surface area contributed by atoms with E-state index in [4.69, 9.17) is 71.4 Å². The minimum Gasteiger partial charge on any atom is -0.456 e. The molecule has 15 nitrogen and oxygen atoms in total. The normalized spacial score (nSPS) is 11.9. The Labute approximate surface area is 783 Å². The van der Waals surface area contributed by atoms with Gasteiger partial charge in [-0.25, -0.2) is 44.9 Å². The number of aromatic nitrogens is 9. The number of nitrogens with zero attached hydrogens (tertiary/aromatic N) is 9. The molecule has 0 atom stereocenters. The molecule has 0 unspecified atom stereocenters. The number of furan rings is 6. The lowest BCUT2D eigenvalue weighted by atomic mass is 9.96. The van der Waals surface area contributed by atoms with Gasteiger partial charge in [0.05, 0.1) is 5.56 Å². The van der Waals surface area contributed by atoms with Gasteiger partial charge in [0.25, 0.3) is 0 Å². The second-order valence-electron chi connectivity index (χ2n) is 34.8. The largest absolute Gasteiger partial charge is 0.456 e. The third-order valence-electron chi connectivity index (χ3n) is 26.7. The van der Waals surface area contributed by atoms with E-state index in [9.17, 15) is 0 Å². The number of fused-ring (bicyclic) bond motifs is 30. The summed E-state index contributed by atoms with van der Waals surface area (Å²) in [5.74, 6) is 5.43. The first-order valence-electron chi connectivity index (χ1n) is 45.8. The van der Waals surface area contributed by atoms with E-state index in [1.807, 2.05) is 212 Å². The Hall–Kier alpha value is -19.0. The molecule has 30 aromatic rings. The molecule has 0 N–H and O–H groups in total. The van der Waals surface area contributed by atoms with Crippen molar-refractivity contribution in [2.45, 2.75) is 0 Å². The van der Waals surface area contributed by atoms with E-state index in [1.54, 1.807) is 0 Å². The van der Waals surface area contributed by atoms with Crippen LogP contribution in [0.1, 0.15) is 0 Å². The Bertz CT molecular complexity index is 10300. The van der Waals surface area contributed by atoms with Crippen LogP contribution >= 0.6 is 0 Å². The van der Waals surface area contributed by atoms with Crippen LogP contribution in [-0.4, -0.2) is 44.9 Å². The van der Waals surface area contributed by atoms with Crippen molar-refractivity contribution in [2.75, 3.05) is 0 Å². The summed E-state index contributed by atoms with van der Waals surface area (Å²) >= 11 is 0. The number of rotatable bonds is 9. The van der Waals surface area contributed by atoms with Gasteiger partial charge < -0.3 is 26.5 Å². The first kappa shape index (κ1) is 77.7. The minimum atomic E-state index is 0.565. The standard InChI is InChI=1S/3C41H23N3O2/c1-2-9-26(10-3-1)39-42-40(44-41(43-39)31-14-8-13-29-28-11-4-6-15-33(28)46-38(29)31)27-20-18-24-17-19-25-21-22-35-37(36(25)32(24)23-27)30-12-5-7-16-34(30)45-35;1-2-8-26(9-3-1)39-42-40(44-41(43-39)28-19-20-35-32(23-28)29-10-4-6-12-33(29)45-35)27-17-15-24-14-16-25-18-21-36-38(37(25)31(24)22-27)30-11-5-7-13-34(30)46-36;1-2-8-26(9-3-1)39-42-40(44-41(43-39)28-18-20-30-29-10-4-6-12-33(29)46-36(30)23-28)27-17-15-24-14-16-25-19-21-35-38(37(25)32(24)22-27)31-11-5-7-13-34(31)45-35/h3*1-23H. The highest BCUT2D eigenvalue weighted by Gasteiger charge is 2.25. The van der Waals surface area contributed by atoms with Gasteiger partial charge in [-0.2, -0.15) is 0 Å². The highest BCUT2D eigenvalue weighted by atomic mass is 16.3. The quantitative estimate of drug-likeness (QED) is 0.124. The van der Waals surface area contributed by atoms with Crippen molar-refractivity contribution in [1.82, 2.24) is 44.9 Å². The van der Waals surface area contributed by atoms with Crippen LogP contribution in [0.2, 0.25) is 0 Å². The lowest BCUT2D eigenvalue weighted by Crippen LogP contribution is -2.00. The van der Waals surface area contributed by atoms with Crippen LogP contribution in [0, 0.1) is 0 Å². The van der Waals surface area contributed by atoms with Crippen LogP contribution in [-0.2, 0) is 0 Å².